The second-order valence-corrected chi connectivity index (χ2v) is 6.31. The molecule has 2 aromatic rings. The minimum Gasteiger partial charge on any atom is -0.316 e. The van der Waals surface area contributed by atoms with Crippen molar-refractivity contribution >= 4 is 5.78 Å². The van der Waals surface area contributed by atoms with Gasteiger partial charge in [0.05, 0.1) is 6.20 Å². The average molecular weight is 296 g/mol. The maximum absolute atomic E-state index is 12.8. The average Bonchev–Trinajstić information content (AvgIpc) is 2.73. The van der Waals surface area contributed by atoms with E-state index in [0.29, 0.717) is 11.3 Å². The van der Waals surface area contributed by atoms with E-state index in [9.17, 15) is 13.2 Å². The van der Waals surface area contributed by atoms with Gasteiger partial charge in [-0.3, -0.25) is 4.40 Å². The van der Waals surface area contributed by atoms with Gasteiger partial charge in [-0.25, -0.2) is 9.97 Å². The van der Waals surface area contributed by atoms with E-state index in [1.165, 1.54) is 19.0 Å². The predicted octanol–water partition coefficient (Wildman–Crippen LogP) is 2.29. The van der Waals surface area contributed by atoms with Crippen molar-refractivity contribution in [1.82, 2.24) is 19.7 Å². The normalized spacial score (nSPS) is 21.5. The number of nitrogens with one attached hydrogen (secondary N) is 1. The van der Waals surface area contributed by atoms with Crippen molar-refractivity contribution in [2.45, 2.75) is 25.4 Å². The number of fused-ring (bicyclic) bond motifs is 1. The van der Waals surface area contributed by atoms with Crippen LogP contribution in [0.1, 0.15) is 24.2 Å². The first kappa shape index (κ1) is 13.1. The van der Waals surface area contributed by atoms with Gasteiger partial charge in [0.2, 0.25) is 5.78 Å². The van der Waals surface area contributed by atoms with Crippen molar-refractivity contribution in [2.75, 3.05) is 13.1 Å². The molecule has 2 aliphatic rings. The zero-order valence-corrected chi connectivity index (χ0v) is 11.3. The third kappa shape index (κ3) is 2.10. The van der Waals surface area contributed by atoms with Crippen molar-refractivity contribution in [3.63, 3.8) is 0 Å². The lowest BCUT2D eigenvalue weighted by molar-refractivity contribution is -0.141. The molecule has 3 heterocycles. The maximum Gasteiger partial charge on any atom is 0.433 e. The number of rotatable bonds is 2. The Morgan fingerprint density at radius 2 is 2.10 bits per heavy atom. The van der Waals surface area contributed by atoms with Gasteiger partial charge in [0.25, 0.3) is 0 Å². The SMILES string of the molecule is FC(F)(F)c1cnc2nc(CC3CC4(CNC4)C3)ccn12. The van der Waals surface area contributed by atoms with Crippen LogP contribution in [0, 0.1) is 11.3 Å². The molecule has 0 unspecified atom stereocenters. The van der Waals surface area contributed by atoms with Crippen molar-refractivity contribution in [3.05, 3.63) is 29.8 Å². The van der Waals surface area contributed by atoms with E-state index < -0.39 is 11.9 Å². The topological polar surface area (TPSA) is 42.2 Å². The molecule has 0 aromatic carbocycles. The molecule has 0 radical (unpaired) electrons. The summed E-state index contributed by atoms with van der Waals surface area (Å²) in [5.41, 5.74) is 0.555. The molecule has 2 fully saturated rings. The minimum atomic E-state index is -4.40. The Hall–Kier alpha value is -1.63. The number of hydrogen-bond donors (Lipinski definition) is 1. The van der Waals surface area contributed by atoms with Crippen molar-refractivity contribution in [2.24, 2.45) is 11.3 Å². The summed E-state index contributed by atoms with van der Waals surface area (Å²) in [6, 6.07) is 1.67. The predicted molar refractivity (Wildman–Crippen MR) is 69.7 cm³/mol. The van der Waals surface area contributed by atoms with Gasteiger partial charge < -0.3 is 5.32 Å². The first-order valence-corrected chi connectivity index (χ1v) is 7.06. The first-order valence-electron chi connectivity index (χ1n) is 7.06. The van der Waals surface area contributed by atoms with Crippen LogP contribution in [0.5, 0.6) is 0 Å². The Balaban J connectivity index is 1.52. The zero-order chi connectivity index (χ0) is 14.7. The molecule has 7 heteroatoms. The van der Waals surface area contributed by atoms with Gasteiger partial charge in [-0.05, 0) is 36.7 Å². The molecule has 0 amide bonds. The molecule has 4 nitrogen and oxygen atoms in total. The highest BCUT2D eigenvalue weighted by Gasteiger charge is 2.48. The quantitative estimate of drug-likeness (QED) is 0.924. The van der Waals surface area contributed by atoms with E-state index in [0.717, 1.165) is 35.8 Å². The summed E-state index contributed by atoms with van der Waals surface area (Å²) in [7, 11) is 0. The summed E-state index contributed by atoms with van der Waals surface area (Å²) in [5, 5.41) is 3.29. The summed E-state index contributed by atoms with van der Waals surface area (Å²) in [6.07, 6.45) is 1.06. The van der Waals surface area contributed by atoms with Crippen LogP contribution in [0.3, 0.4) is 0 Å². The molecule has 1 aliphatic carbocycles. The Labute approximate surface area is 119 Å². The van der Waals surface area contributed by atoms with E-state index in [1.807, 2.05) is 0 Å². The maximum atomic E-state index is 12.8. The van der Waals surface area contributed by atoms with Gasteiger partial charge in [-0.15, -0.1) is 0 Å². The summed E-state index contributed by atoms with van der Waals surface area (Å²) >= 11 is 0. The molecule has 21 heavy (non-hydrogen) atoms. The lowest BCUT2D eigenvalue weighted by Gasteiger charge is -2.54. The fourth-order valence-corrected chi connectivity index (χ4v) is 3.60. The molecule has 0 atom stereocenters. The molecule has 0 bridgehead atoms. The lowest BCUT2D eigenvalue weighted by atomic mass is 9.57. The summed E-state index contributed by atoms with van der Waals surface area (Å²) in [5.74, 6) is 0.721. The molecule has 1 spiro atoms. The highest BCUT2D eigenvalue weighted by molar-refractivity contribution is 5.33. The van der Waals surface area contributed by atoms with Crippen molar-refractivity contribution < 1.29 is 13.2 Å². The molecular formula is C14H15F3N4. The van der Waals surface area contributed by atoms with Crippen LogP contribution in [-0.4, -0.2) is 27.5 Å². The number of hydrogen-bond acceptors (Lipinski definition) is 3. The summed E-state index contributed by atoms with van der Waals surface area (Å²) in [6.45, 7) is 2.20. The van der Waals surface area contributed by atoms with Crippen LogP contribution in [0.4, 0.5) is 13.2 Å². The largest absolute Gasteiger partial charge is 0.433 e. The number of aromatic nitrogens is 3. The molecule has 1 saturated heterocycles. The standard InChI is InChI=1S/C14H15F3N4/c15-14(16,17)11-6-19-12-20-10(1-2-21(11)12)3-9-4-13(5-9)7-18-8-13/h1-2,6,9,18H,3-5,7-8H2. The number of imidazole rings is 1. The van der Waals surface area contributed by atoms with Gasteiger partial charge in [0, 0.05) is 25.0 Å². The molecule has 1 saturated carbocycles. The second kappa shape index (κ2) is 4.19. The molecule has 1 aliphatic heterocycles. The van der Waals surface area contributed by atoms with Gasteiger partial charge in [-0.1, -0.05) is 0 Å². The fourth-order valence-electron chi connectivity index (χ4n) is 3.60. The zero-order valence-electron chi connectivity index (χ0n) is 11.3. The van der Waals surface area contributed by atoms with Crippen molar-refractivity contribution in [1.29, 1.82) is 0 Å². The van der Waals surface area contributed by atoms with Crippen LogP contribution >= 0.6 is 0 Å². The Morgan fingerprint density at radius 3 is 2.71 bits per heavy atom. The van der Waals surface area contributed by atoms with E-state index in [4.69, 9.17) is 0 Å². The monoisotopic (exact) mass is 296 g/mol. The van der Waals surface area contributed by atoms with Crippen LogP contribution < -0.4 is 5.32 Å². The van der Waals surface area contributed by atoms with E-state index >= 15 is 0 Å². The van der Waals surface area contributed by atoms with E-state index in [1.54, 1.807) is 6.07 Å². The molecule has 4 rings (SSSR count). The number of alkyl halides is 3. The van der Waals surface area contributed by atoms with Crippen LogP contribution in [0.25, 0.3) is 5.78 Å². The second-order valence-electron chi connectivity index (χ2n) is 6.31. The minimum absolute atomic E-state index is 0.124. The third-order valence-corrected chi connectivity index (χ3v) is 4.67. The lowest BCUT2D eigenvalue weighted by Crippen LogP contribution is -2.60. The highest BCUT2D eigenvalue weighted by atomic mass is 19.4. The molecular weight excluding hydrogens is 281 g/mol. The number of halogens is 3. The van der Waals surface area contributed by atoms with E-state index in [2.05, 4.69) is 15.3 Å². The summed E-state index contributed by atoms with van der Waals surface area (Å²) < 4.78 is 39.3. The van der Waals surface area contributed by atoms with Gasteiger partial charge in [-0.2, -0.15) is 13.2 Å². The van der Waals surface area contributed by atoms with Crippen LogP contribution in [0.15, 0.2) is 18.5 Å². The van der Waals surface area contributed by atoms with Crippen LogP contribution in [-0.2, 0) is 12.6 Å². The first-order chi connectivity index (χ1) is 9.95. The van der Waals surface area contributed by atoms with Gasteiger partial charge in [0.15, 0.2) is 0 Å². The Morgan fingerprint density at radius 1 is 1.33 bits per heavy atom. The molecule has 2 aromatic heterocycles. The van der Waals surface area contributed by atoms with Crippen LogP contribution in [0.2, 0.25) is 0 Å². The third-order valence-electron chi connectivity index (χ3n) is 4.67. The van der Waals surface area contributed by atoms with E-state index in [-0.39, 0.29) is 5.78 Å². The smallest absolute Gasteiger partial charge is 0.316 e. The Kier molecular flexibility index (Phi) is 2.61. The van der Waals surface area contributed by atoms with Crippen molar-refractivity contribution in [3.8, 4) is 0 Å². The fraction of sp³-hybridized carbons (Fsp3) is 0.571. The highest BCUT2D eigenvalue weighted by Crippen LogP contribution is 2.49. The molecule has 1 N–H and O–H groups in total. The van der Waals surface area contributed by atoms with Gasteiger partial charge >= 0.3 is 6.18 Å². The molecule has 112 valence electrons. The number of nitrogens with zero attached hydrogens (tertiary/aromatic N) is 3. The van der Waals surface area contributed by atoms with Gasteiger partial charge in [0.1, 0.15) is 5.69 Å². The Bertz CT molecular complexity index is 679. The summed E-state index contributed by atoms with van der Waals surface area (Å²) in [4.78, 5) is 8.03.